The lowest BCUT2D eigenvalue weighted by atomic mass is 10.2. The Balaban J connectivity index is 1.86. The minimum atomic E-state index is -4.86. The fraction of sp³-hybridized carbons (Fsp3) is 0.500. The Morgan fingerprint density at radius 3 is 2.67 bits per heavy atom. The zero-order valence-corrected chi connectivity index (χ0v) is 15.7. The Hall–Kier alpha value is -1.40. The normalized spacial score (nSPS) is 23.8. The van der Waals surface area contributed by atoms with Crippen molar-refractivity contribution in [2.24, 2.45) is 0 Å². The largest absolute Gasteiger partial charge is 0.469 e. The summed E-state index contributed by atoms with van der Waals surface area (Å²) >= 11 is 0. The van der Waals surface area contributed by atoms with Crippen molar-refractivity contribution in [2.45, 2.75) is 24.9 Å². The topological polar surface area (TPSA) is 185 Å². The first-order valence-electron chi connectivity index (χ1n) is 7.66. The number of rotatable bonds is 7. The number of aromatic nitrogens is 3. The van der Waals surface area contributed by atoms with Gasteiger partial charge in [-0.2, -0.15) is 0 Å². The second-order valence-corrected chi connectivity index (χ2v) is 8.15. The Bertz CT molecular complexity index is 909. The van der Waals surface area contributed by atoms with Crippen LogP contribution < -0.4 is 5.32 Å². The molecule has 3 rings (SSSR count). The van der Waals surface area contributed by atoms with E-state index >= 15 is 0 Å². The van der Waals surface area contributed by atoms with Crippen molar-refractivity contribution in [3.05, 3.63) is 18.6 Å². The molecule has 5 N–H and O–H groups in total. The Labute approximate surface area is 152 Å². The van der Waals surface area contributed by atoms with Crippen molar-refractivity contribution >= 4 is 32.5 Å². The van der Waals surface area contributed by atoms with Gasteiger partial charge < -0.3 is 29.6 Å². The summed E-state index contributed by atoms with van der Waals surface area (Å²) in [7, 11) is -7.93. The Kier molecular flexibility index (Phi) is 5.69. The molecule has 1 fully saturated rings. The number of ether oxygens (including phenoxy) is 1. The molecule has 27 heavy (non-hydrogen) atoms. The van der Waals surface area contributed by atoms with Crippen LogP contribution in [0, 0.1) is 0 Å². The molecule has 2 aromatic heterocycles. The van der Waals surface area contributed by atoms with Gasteiger partial charge >= 0.3 is 15.6 Å². The van der Waals surface area contributed by atoms with Crippen LogP contribution >= 0.6 is 15.6 Å². The van der Waals surface area contributed by atoms with Crippen LogP contribution in [0.15, 0.2) is 18.6 Å². The van der Waals surface area contributed by atoms with Crippen LogP contribution in [0.5, 0.6) is 0 Å². The van der Waals surface area contributed by atoms with Gasteiger partial charge in [-0.15, -0.1) is 0 Å². The quantitative estimate of drug-likeness (QED) is 0.385. The van der Waals surface area contributed by atoms with Crippen LogP contribution in [0.2, 0.25) is 0 Å². The maximum absolute atomic E-state index is 11.2. The number of pyridine rings is 1. The molecular weight excluding hydrogens is 406 g/mol. The van der Waals surface area contributed by atoms with Gasteiger partial charge in [-0.05, 0) is 6.07 Å². The van der Waals surface area contributed by atoms with Crippen LogP contribution in [0.3, 0.4) is 0 Å². The summed E-state index contributed by atoms with van der Waals surface area (Å²) in [5.41, 5.74) is 1.74. The number of nitrogens with one attached hydrogen (secondary N) is 1. The molecule has 0 saturated carbocycles. The number of hydrogen-bond donors (Lipinski definition) is 5. The van der Waals surface area contributed by atoms with E-state index in [1.54, 1.807) is 23.9 Å². The average molecular weight is 424 g/mol. The van der Waals surface area contributed by atoms with Crippen LogP contribution in [-0.2, 0) is 22.9 Å². The van der Waals surface area contributed by atoms with E-state index in [-0.39, 0.29) is 6.42 Å². The molecule has 0 amide bonds. The predicted octanol–water partition coefficient (Wildman–Crippen LogP) is 0.348. The first-order chi connectivity index (χ1) is 12.6. The molecule has 13 nitrogen and oxygen atoms in total. The van der Waals surface area contributed by atoms with E-state index in [4.69, 9.17) is 28.8 Å². The van der Waals surface area contributed by atoms with Gasteiger partial charge in [0.15, 0.2) is 5.65 Å². The maximum Gasteiger partial charge on any atom is 0.469 e. The molecule has 15 heteroatoms. The molecule has 0 unspecified atom stereocenters. The number of fused-ring (bicyclic) bond motifs is 1. The highest BCUT2D eigenvalue weighted by molar-refractivity contribution is 7.46. The summed E-state index contributed by atoms with van der Waals surface area (Å²) < 4.78 is 38.5. The van der Waals surface area contributed by atoms with E-state index in [1.165, 1.54) is 6.33 Å². The molecular formula is C12H18N4O9P2. The number of phosphoric acid groups is 2. The first kappa shape index (κ1) is 20.3. The van der Waals surface area contributed by atoms with E-state index in [2.05, 4.69) is 19.8 Å². The molecule has 3 heterocycles. The zero-order valence-electron chi connectivity index (χ0n) is 13.9. The number of nitrogens with zero attached hydrogens (tertiary/aromatic N) is 3. The van der Waals surface area contributed by atoms with Gasteiger partial charge in [0.05, 0.1) is 18.6 Å². The molecule has 0 aliphatic carbocycles. The summed E-state index contributed by atoms with van der Waals surface area (Å²) in [6.07, 6.45) is -0.0792. The highest BCUT2D eigenvalue weighted by Crippen LogP contribution is 2.45. The third-order valence-corrected chi connectivity index (χ3v) is 4.93. The molecule has 1 aliphatic rings. The van der Waals surface area contributed by atoms with Crippen molar-refractivity contribution in [3.63, 3.8) is 0 Å². The Morgan fingerprint density at radius 1 is 1.30 bits per heavy atom. The number of anilines is 1. The lowest BCUT2D eigenvalue weighted by molar-refractivity contribution is -0.0417. The molecule has 0 spiro atoms. The van der Waals surface area contributed by atoms with Crippen molar-refractivity contribution in [1.82, 2.24) is 14.5 Å². The van der Waals surface area contributed by atoms with Gasteiger partial charge in [0.25, 0.3) is 0 Å². The lowest BCUT2D eigenvalue weighted by Gasteiger charge is -2.19. The summed E-state index contributed by atoms with van der Waals surface area (Å²) in [4.78, 5) is 44.4. The van der Waals surface area contributed by atoms with Crippen molar-refractivity contribution in [3.8, 4) is 0 Å². The summed E-state index contributed by atoms with van der Waals surface area (Å²) in [5, 5.41) is 2.97. The van der Waals surface area contributed by atoms with Gasteiger partial charge in [-0.25, -0.2) is 19.1 Å². The maximum atomic E-state index is 11.2. The van der Waals surface area contributed by atoms with E-state index in [0.29, 0.717) is 11.2 Å². The Morgan fingerprint density at radius 2 is 2.04 bits per heavy atom. The van der Waals surface area contributed by atoms with E-state index in [9.17, 15) is 9.13 Å². The van der Waals surface area contributed by atoms with E-state index < -0.39 is 40.7 Å². The van der Waals surface area contributed by atoms with Crippen molar-refractivity contribution < 1.29 is 42.5 Å². The number of imidazole rings is 1. The van der Waals surface area contributed by atoms with Gasteiger partial charge in [-0.3, -0.25) is 13.6 Å². The first-order valence-corrected chi connectivity index (χ1v) is 10.7. The molecule has 0 bridgehead atoms. The van der Waals surface area contributed by atoms with Crippen LogP contribution in [0.25, 0.3) is 11.2 Å². The zero-order chi connectivity index (χ0) is 19.8. The van der Waals surface area contributed by atoms with Gasteiger partial charge in [-0.1, -0.05) is 0 Å². The summed E-state index contributed by atoms with van der Waals surface area (Å²) in [6.45, 7) is -0.618. The van der Waals surface area contributed by atoms with Gasteiger partial charge in [0.2, 0.25) is 0 Å². The molecule has 1 aliphatic heterocycles. The molecule has 150 valence electrons. The molecule has 0 aromatic carbocycles. The van der Waals surface area contributed by atoms with Crippen LogP contribution in [-0.4, -0.2) is 60.0 Å². The van der Waals surface area contributed by atoms with Crippen molar-refractivity contribution in [2.75, 3.05) is 19.0 Å². The predicted molar refractivity (Wildman–Crippen MR) is 90.5 cm³/mol. The fourth-order valence-electron chi connectivity index (χ4n) is 2.83. The minimum Gasteiger partial charge on any atom is -0.386 e. The molecule has 3 atom stereocenters. The van der Waals surface area contributed by atoms with Gasteiger partial charge in [0.1, 0.15) is 24.0 Å². The third kappa shape index (κ3) is 4.91. The SMILES string of the molecule is CNc1ccnc2c1ncn2[C@H]1C[C@H](OP(=O)(O)O)[C@@H](COP(=O)(O)O)O1. The highest BCUT2D eigenvalue weighted by atomic mass is 31.2. The van der Waals surface area contributed by atoms with E-state index in [0.717, 1.165) is 5.69 Å². The third-order valence-electron chi connectivity index (χ3n) is 3.90. The molecule has 1 saturated heterocycles. The average Bonchev–Trinajstić information content (AvgIpc) is 3.14. The number of phosphoric ester groups is 2. The van der Waals surface area contributed by atoms with Crippen LogP contribution in [0.1, 0.15) is 12.6 Å². The number of hydrogen-bond acceptors (Lipinski definition) is 8. The van der Waals surface area contributed by atoms with Crippen molar-refractivity contribution in [1.29, 1.82) is 0 Å². The summed E-state index contributed by atoms with van der Waals surface area (Å²) in [6, 6.07) is 1.73. The molecule has 2 aromatic rings. The standard InChI is InChI=1S/C12H18N4O9P2/c1-13-7-2-3-14-12-11(7)15-6-16(12)10-4-8(25-27(20,21)22)9(24-10)5-23-26(17,18)19/h2-3,6,8-10H,4-5H2,1H3,(H,13,14)(H2,17,18,19)(H2,20,21,22)/t8-,9+,10+/m0/s1. The second kappa shape index (κ2) is 7.55. The monoisotopic (exact) mass is 424 g/mol. The lowest BCUT2D eigenvalue weighted by Crippen LogP contribution is -2.28. The summed E-state index contributed by atoms with van der Waals surface area (Å²) in [5.74, 6) is 0. The molecule has 0 radical (unpaired) electrons. The van der Waals surface area contributed by atoms with Gasteiger partial charge in [0, 0.05) is 19.7 Å². The minimum absolute atomic E-state index is 0.0167. The van der Waals surface area contributed by atoms with E-state index in [1.807, 2.05) is 0 Å². The fourth-order valence-corrected chi connectivity index (χ4v) is 3.74. The van der Waals surface area contributed by atoms with Crippen LogP contribution in [0.4, 0.5) is 5.69 Å². The highest BCUT2D eigenvalue weighted by Gasteiger charge is 2.42. The smallest absolute Gasteiger partial charge is 0.386 e. The second-order valence-electron chi connectivity index (χ2n) is 5.72.